The lowest BCUT2D eigenvalue weighted by Crippen LogP contribution is -2.31. The normalized spacial score (nSPS) is 15.3. The average molecular weight is 347 g/mol. The first-order valence-electron chi connectivity index (χ1n) is 7.58. The number of benzene rings is 2. The average Bonchev–Trinajstić information content (AvgIpc) is 2.77. The van der Waals surface area contributed by atoms with Crippen LogP contribution in [0.25, 0.3) is 0 Å². The van der Waals surface area contributed by atoms with Crippen molar-refractivity contribution in [3.63, 3.8) is 0 Å². The minimum Gasteiger partial charge on any atom is -0.508 e. The highest BCUT2D eigenvalue weighted by molar-refractivity contribution is 7.90. The van der Waals surface area contributed by atoms with E-state index in [-0.39, 0.29) is 22.8 Å². The van der Waals surface area contributed by atoms with Crippen molar-refractivity contribution in [2.45, 2.75) is 17.7 Å². The summed E-state index contributed by atoms with van der Waals surface area (Å²) in [6, 6.07) is 12.6. The summed E-state index contributed by atoms with van der Waals surface area (Å²) in [5.74, 6) is 0.329. The predicted octanol–water partition coefficient (Wildman–Crippen LogP) is 2.40. The first-order chi connectivity index (χ1) is 11.5. The van der Waals surface area contributed by atoms with Crippen LogP contribution < -0.4 is 4.74 Å². The topological polar surface area (TPSA) is 83.9 Å². The van der Waals surface area contributed by atoms with E-state index < -0.39 is 15.9 Å². The van der Waals surface area contributed by atoms with Gasteiger partial charge in [-0.15, -0.1) is 0 Å². The molecule has 0 unspecified atom stereocenters. The number of ether oxygens (including phenoxy) is 1. The van der Waals surface area contributed by atoms with E-state index in [1.165, 1.54) is 24.3 Å². The standard InChI is InChI=1S/C17H17NO5S/c19-13-7-9-14(10-8-13)23-12-4-3-11-18-17(20)15-5-1-2-6-16(15)24(18,21)22/h1-2,5-10,19H,3-4,11-12H2. The fourth-order valence-electron chi connectivity index (χ4n) is 2.54. The van der Waals surface area contributed by atoms with Crippen molar-refractivity contribution in [2.75, 3.05) is 13.2 Å². The van der Waals surface area contributed by atoms with Gasteiger partial charge in [0.25, 0.3) is 15.9 Å². The zero-order chi connectivity index (χ0) is 17.2. The van der Waals surface area contributed by atoms with Crippen LogP contribution in [-0.4, -0.2) is 36.9 Å². The highest BCUT2D eigenvalue weighted by Gasteiger charge is 2.40. The highest BCUT2D eigenvalue weighted by Crippen LogP contribution is 2.30. The number of carbonyl (C=O) groups excluding carboxylic acids is 1. The largest absolute Gasteiger partial charge is 0.508 e. The number of amides is 1. The molecule has 1 aliphatic rings. The molecule has 0 atom stereocenters. The van der Waals surface area contributed by atoms with Crippen molar-refractivity contribution >= 4 is 15.9 Å². The van der Waals surface area contributed by atoms with Crippen LogP contribution in [0, 0.1) is 0 Å². The van der Waals surface area contributed by atoms with Crippen LogP contribution in [0.3, 0.4) is 0 Å². The molecule has 1 amide bonds. The Kier molecular flexibility index (Phi) is 4.44. The van der Waals surface area contributed by atoms with Crippen molar-refractivity contribution in [1.29, 1.82) is 0 Å². The molecule has 0 saturated heterocycles. The van der Waals surface area contributed by atoms with Crippen molar-refractivity contribution in [1.82, 2.24) is 4.31 Å². The third-order valence-corrected chi connectivity index (χ3v) is 5.61. The maximum absolute atomic E-state index is 12.4. The fraction of sp³-hybridized carbons (Fsp3) is 0.235. The summed E-state index contributed by atoms with van der Waals surface area (Å²) in [6.45, 7) is 0.536. The molecule has 24 heavy (non-hydrogen) atoms. The second-order valence-corrected chi connectivity index (χ2v) is 7.26. The first-order valence-corrected chi connectivity index (χ1v) is 9.02. The van der Waals surface area contributed by atoms with Gasteiger partial charge in [0.1, 0.15) is 16.4 Å². The number of unbranched alkanes of at least 4 members (excludes halogenated alkanes) is 1. The van der Waals surface area contributed by atoms with Gasteiger partial charge in [-0.25, -0.2) is 12.7 Å². The van der Waals surface area contributed by atoms with Gasteiger partial charge >= 0.3 is 0 Å². The Morgan fingerprint density at radius 3 is 2.42 bits per heavy atom. The van der Waals surface area contributed by atoms with Gasteiger partial charge in [0.2, 0.25) is 0 Å². The number of phenolic OH excluding ortho intramolecular Hbond substituents is 1. The molecule has 7 heteroatoms. The fourth-order valence-corrected chi connectivity index (χ4v) is 4.15. The maximum Gasteiger partial charge on any atom is 0.269 e. The van der Waals surface area contributed by atoms with Crippen molar-refractivity contribution in [2.24, 2.45) is 0 Å². The van der Waals surface area contributed by atoms with E-state index in [1.807, 2.05) is 0 Å². The highest BCUT2D eigenvalue weighted by atomic mass is 32.2. The van der Waals surface area contributed by atoms with Crippen molar-refractivity contribution < 1.29 is 23.1 Å². The Balaban J connectivity index is 1.52. The Hall–Kier alpha value is -2.54. The Labute approximate surface area is 140 Å². The van der Waals surface area contributed by atoms with E-state index in [1.54, 1.807) is 24.3 Å². The summed E-state index contributed by atoms with van der Waals surface area (Å²) < 4.78 is 31.2. The first kappa shape index (κ1) is 16.3. The number of sulfonamides is 1. The quantitative estimate of drug-likeness (QED) is 0.811. The molecule has 2 aromatic rings. The summed E-state index contributed by atoms with van der Waals surface area (Å²) >= 11 is 0. The van der Waals surface area contributed by atoms with Gasteiger partial charge in [-0.1, -0.05) is 12.1 Å². The molecular formula is C17H17NO5S. The van der Waals surface area contributed by atoms with E-state index in [0.29, 0.717) is 25.2 Å². The second kappa shape index (κ2) is 6.52. The van der Waals surface area contributed by atoms with Gasteiger partial charge < -0.3 is 9.84 Å². The van der Waals surface area contributed by atoms with Crippen molar-refractivity contribution in [3.8, 4) is 11.5 Å². The third-order valence-electron chi connectivity index (χ3n) is 3.77. The molecular weight excluding hydrogens is 330 g/mol. The number of hydrogen-bond acceptors (Lipinski definition) is 5. The molecule has 2 aromatic carbocycles. The summed E-state index contributed by atoms with van der Waals surface area (Å²) in [7, 11) is -3.72. The minimum absolute atomic E-state index is 0.0790. The molecule has 0 bridgehead atoms. The monoisotopic (exact) mass is 347 g/mol. The van der Waals surface area contributed by atoms with Gasteiger partial charge in [-0.2, -0.15) is 0 Å². The van der Waals surface area contributed by atoms with Crippen LogP contribution in [0.4, 0.5) is 0 Å². The lowest BCUT2D eigenvalue weighted by atomic mass is 10.2. The summed E-state index contributed by atoms with van der Waals surface area (Å²) in [5.41, 5.74) is 0.234. The van der Waals surface area contributed by atoms with Crippen LogP contribution in [0.1, 0.15) is 23.2 Å². The molecule has 6 nitrogen and oxygen atoms in total. The van der Waals surface area contributed by atoms with Crippen LogP contribution in [0.2, 0.25) is 0 Å². The zero-order valence-electron chi connectivity index (χ0n) is 12.9. The molecule has 1 heterocycles. The lowest BCUT2D eigenvalue weighted by Gasteiger charge is -2.15. The van der Waals surface area contributed by atoms with E-state index in [2.05, 4.69) is 0 Å². The van der Waals surface area contributed by atoms with Crippen LogP contribution in [0.15, 0.2) is 53.4 Å². The molecule has 0 aliphatic carbocycles. The second-order valence-electron chi connectivity index (χ2n) is 5.43. The number of aromatic hydroxyl groups is 1. The predicted molar refractivity (Wildman–Crippen MR) is 87.5 cm³/mol. The van der Waals surface area contributed by atoms with E-state index in [0.717, 1.165) is 4.31 Å². The van der Waals surface area contributed by atoms with E-state index in [9.17, 15) is 18.3 Å². The van der Waals surface area contributed by atoms with Crippen LogP contribution >= 0.6 is 0 Å². The summed E-state index contributed by atoms with van der Waals surface area (Å²) in [5, 5.41) is 9.19. The van der Waals surface area contributed by atoms with Crippen molar-refractivity contribution in [3.05, 3.63) is 54.1 Å². The molecule has 0 fully saturated rings. The number of phenols is 1. The lowest BCUT2D eigenvalue weighted by molar-refractivity contribution is 0.0868. The Morgan fingerprint density at radius 2 is 1.71 bits per heavy atom. The van der Waals surface area contributed by atoms with Gasteiger partial charge in [0.15, 0.2) is 0 Å². The maximum atomic E-state index is 12.4. The van der Waals surface area contributed by atoms with E-state index >= 15 is 0 Å². The summed E-state index contributed by atoms with van der Waals surface area (Å²) in [6.07, 6.45) is 1.12. The number of fused-ring (bicyclic) bond motifs is 1. The molecule has 0 radical (unpaired) electrons. The molecule has 1 N–H and O–H groups in total. The number of rotatable bonds is 6. The molecule has 1 aliphatic heterocycles. The molecule has 126 valence electrons. The van der Waals surface area contributed by atoms with E-state index in [4.69, 9.17) is 4.74 Å². The van der Waals surface area contributed by atoms with Gasteiger partial charge in [0.05, 0.1) is 12.2 Å². The van der Waals surface area contributed by atoms with Gasteiger partial charge in [-0.05, 0) is 49.2 Å². The van der Waals surface area contributed by atoms with Crippen LogP contribution in [0.5, 0.6) is 11.5 Å². The Morgan fingerprint density at radius 1 is 1.00 bits per heavy atom. The Bertz CT molecular complexity index is 846. The molecule has 0 saturated carbocycles. The third kappa shape index (κ3) is 3.07. The van der Waals surface area contributed by atoms with Gasteiger partial charge in [-0.3, -0.25) is 4.79 Å². The number of nitrogens with zero attached hydrogens (tertiary/aromatic N) is 1. The molecule has 0 aromatic heterocycles. The minimum atomic E-state index is -3.72. The number of hydrogen-bond donors (Lipinski definition) is 1. The smallest absolute Gasteiger partial charge is 0.269 e. The zero-order valence-corrected chi connectivity index (χ0v) is 13.7. The molecule has 3 rings (SSSR count). The SMILES string of the molecule is O=C1c2ccccc2S(=O)(=O)N1CCCCOc1ccc(O)cc1. The molecule has 0 spiro atoms. The number of carbonyl (C=O) groups is 1. The van der Waals surface area contributed by atoms with Crippen LogP contribution in [-0.2, 0) is 10.0 Å². The van der Waals surface area contributed by atoms with Gasteiger partial charge in [0, 0.05) is 6.54 Å². The summed E-state index contributed by atoms with van der Waals surface area (Å²) in [4.78, 5) is 12.3.